The summed E-state index contributed by atoms with van der Waals surface area (Å²) in [6.07, 6.45) is 5.76. The van der Waals surface area contributed by atoms with E-state index in [1.807, 2.05) is 30.1 Å². The van der Waals surface area contributed by atoms with E-state index in [0.717, 1.165) is 23.9 Å². The number of rotatable bonds is 5. The van der Waals surface area contributed by atoms with Crippen LogP contribution in [0.1, 0.15) is 11.4 Å². The second-order valence-corrected chi connectivity index (χ2v) is 6.14. The molecule has 0 bridgehead atoms. The van der Waals surface area contributed by atoms with Gasteiger partial charge in [0.15, 0.2) is 0 Å². The van der Waals surface area contributed by atoms with Gasteiger partial charge >= 0.3 is 0 Å². The lowest BCUT2D eigenvalue weighted by molar-refractivity contribution is -0.115. The molecule has 7 nitrogen and oxygen atoms in total. The lowest BCUT2D eigenvalue weighted by atomic mass is 10.2. The van der Waals surface area contributed by atoms with Gasteiger partial charge in [-0.15, -0.1) is 0 Å². The van der Waals surface area contributed by atoms with E-state index in [4.69, 9.17) is 0 Å². The SMILES string of the molecule is CN(CCc1ccccn1)c1nccc(/C=C2\SC(=O)NC2=O)n1. The Balaban J connectivity index is 1.69. The molecule has 1 aliphatic rings. The van der Waals surface area contributed by atoms with Gasteiger partial charge in [-0.05, 0) is 36.0 Å². The van der Waals surface area contributed by atoms with E-state index in [1.165, 1.54) is 0 Å². The van der Waals surface area contributed by atoms with Gasteiger partial charge in [-0.1, -0.05) is 6.07 Å². The lowest BCUT2D eigenvalue weighted by Gasteiger charge is -2.16. The summed E-state index contributed by atoms with van der Waals surface area (Å²) in [7, 11) is 1.90. The highest BCUT2D eigenvalue weighted by molar-refractivity contribution is 8.18. The third-order valence-corrected chi connectivity index (χ3v) is 4.17. The van der Waals surface area contributed by atoms with Crippen molar-refractivity contribution in [1.82, 2.24) is 20.3 Å². The van der Waals surface area contributed by atoms with Crippen molar-refractivity contribution < 1.29 is 9.59 Å². The van der Waals surface area contributed by atoms with E-state index in [9.17, 15) is 9.59 Å². The van der Waals surface area contributed by atoms with Crippen LogP contribution in [0, 0.1) is 0 Å². The molecule has 1 N–H and O–H groups in total. The van der Waals surface area contributed by atoms with E-state index >= 15 is 0 Å². The first-order valence-electron chi connectivity index (χ1n) is 7.31. The van der Waals surface area contributed by atoms with E-state index in [0.29, 0.717) is 23.1 Å². The Morgan fingerprint density at radius 2 is 2.08 bits per heavy atom. The molecule has 1 fully saturated rings. The maximum absolute atomic E-state index is 11.6. The summed E-state index contributed by atoms with van der Waals surface area (Å²) in [5, 5.41) is 1.85. The predicted octanol–water partition coefficient (Wildman–Crippen LogP) is 1.87. The van der Waals surface area contributed by atoms with Crippen LogP contribution in [0.25, 0.3) is 6.08 Å². The number of thioether (sulfide) groups is 1. The van der Waals surface area contributed by atoms with Crippen molar-refractivity contribution in [2.45, 2.75) is 6.42 Å². The molecule has 0 unspecified atom stereocenters. The van der Waals surface area contributed by atoms with Gasteiger partial charge in [0.05, 0.1) is 10.6 Å². The Labute approximate surface area is 143 Å². The number of pyridine rings is 1. The van der Waals surface area contributed by atoms with Crippen LogP contribution in [0.2, 0.25) is 0 Å². The summed E-state index contributed by atoms with van der Waals surface area (Å²) >= 11 is 0.870. The third-order valence-electron chi connectivity index (χ3n) is 3.36. The largest absolute Gasteiger partial charge is 0.343 e. The number of hydrogen-bond acceptors (Lipinski definition) is 7. The smallest absolute Gasteiger partial charge is 0.290 e. The Kier molecular flexibility index (Phi) is 4.85. The second kappa shape index (κ2) is 7.22. The van der Waals surface area contributed by atoms with Gasteiger partial charge in [-0.3, -0.25) is 19.9 Å². The topological polar surface area (TPSA) is 88.1 Å². The number of imide groups is 1. The van der Waals surface area contributed by atoms with E-state index < -0.39 is 5.91 Å². The number of carbonyl (C=O) groups is 2. The van der Waals surface area contributed by atoms with Crippen LogP contribution < -0.4 is 10.2 Å². The first-order valence-corrected chi connectivity index (χ1v) is 8.12. The molecule has 2 aromatic heterocycles. The van der Waals surface area contributed by atoms with Gasteiger partial charge in [0.25, 0.3) is 11.1 Å². The van der Waals surface area contributed by atoms with Crippen molar-refractivity contribution in [1.29, 1.82) is 0 Å². The quantitative estimate of drug-likeness (QED) is 0.831. The minimum absolute atomic E-state index is 0.334. The molecule has 0 aromatic carbocycles. The van der Waals surface area contributed by atoms with Crippen LogP contribution in [0.3, 0.4) is 0 Å². The molecule has 0 spiro atoms. The third kappa shape index (κ3) is 3.96. The lowest BCUT2D eigenvalue weighted by Crippen LogP contribution is -2.23. The summed E-state index contributed by atoms with van der Waals surface area (Å²) in [5.74, 6) is 0.156. The standard InChI is InChI=1S/C16H15N5O2S/c1-21(9-6-11-4-2-3-7-17-11)15-18-8-5-12(19-15)10-13-14(22)20-16(23)24-13/h2-5,7-8,10H,6,9H2,1H3,(H,20,22,23)/b13-10-. The molecule has 122 valence electrons. The molecule has 0 aliphatic carbocycles. The fourth-order valence-electron chi connectivity index (χ4n) is 2.11. The highest BCUT2D eigenvalue weighted by atomic mass is 32.2. The van der Waals surface area contributed by atoms with Gasteiger partial charge in [0.1, 0.15) is 0 Å². The molecular formula is C16H15N5O2S. The summed E-state index contributed by atoms with van der Waals surface area (Å²) < 4.78 is 0. The summed E-state index contributed by atoms with van der Waals surface area (Å²) in [4.78, 5) is 38.0. The maximum atomic E-state index is 11.6. The number of carbonyl (C=O) groups excluding carboxylic acids is 2. The van der Waals surface area contributed by atoms with E-state index in [-0.39, 0.29) is 5.24 Å². The average molecular weight is 341 g/mol. The number of amides is 2. The number of nitrogens with zero attached hydrogens (tertiary/aromatic N) is 4. The van der Waals surface area contributed by atoms with Crippen molar-refractivity contribution in [2.24, 2.45) is 0 Å². The highest BCUT2D eigenvalue weighted by Gasteiger charge is 2.25. The molecule has 0 saturated carbocycles. The summed E-state index contributed by atoms with van der Waals surface area (Å²) in [5.41, 5.74) is 1.58. The molecule has 2 amide bonds. The zero-order chi connectivity index (χ0) is 16.9. The highest BCUT2D eigenvalue weighted by Crippen LogP contribution is 2.25. The second-order valence-electron chi connectivity index (χ2n) is 5.13. The van der Waals surface area contributed by atoms with Crippen molar-refractivity contribution in [2.75, 3.05) is 18.5 Å². The van der Waals surface area contributed by atoms with Gasteiger partial charge in [-0.25, -0.2) is 9.97 Å². The van der Waals surface area contributed by atoms with Crippen LogP contribution >= 0.6 is 11.8 Å². The Bertz CT molecular complexity index is 794. The molecule has 2 aromatic rings. The number of aromatic nitrogens is 3. The molecule has 3 rings (SSSR count). The first-order chi connectivity index (χ1) is 11.6. The zero-order valence-corrected chi connectivity index (χ0v) is 13.8. The summed E-state index contributed by atoms with van der Waals surface area (Å²) in [6.45, 7) is 0.713. The minimum atomic E-state index is -0.395. The maximum Gasteiger partial charge on any atom is 0.290 e. The fraction of sp³-hybridized carbons (Fsp3) is 0.188. The normalized spacial score (nSPS) is 15.6. The average Bonchev–Trinajstić information content (AvgIpc) is 2.91. The first kappa shape index (κ1) is 16.1. The van der Waals surface area contributed by atoms with E-state index in [2.05, 4.69) is 20.3 Å². The van der Waals surface area contributed by atoms with Crippen molar-refractivity contribution in [3.05, 3.63) is 53.0 Å². The van der Waals surface area contributed by atoms with Gasteiger partial charge in [0.2, 0.25) is 5.95 Å². The Morgan fingerprint density at radius 3 is 2.79 bits per heavy atom. The van der Waals surface area contributed by atoms with Crippen molar-refractivity contribution in [3.8, 4) is 0 Å². The van der Waals surface area contributed by atoms with Crippen molar-refractivity contribution >= 4 is 34.9 Å². The van der Waals surface area contributed by atoms with Crippen LogP contribution in [0.15, 0.2) is 41.6 Å². The Hall–Kier alpha value is -2.74. The molecule has 24 heavy (non-hydrogen) atoms. The molecule has 3 heterocycles. The molecule has 1 aliphatic heterocycles. The molecule has 0 atom stereocenters. The predicted molar refractivity (Wildman–Crippen MR) is 92.3 cm³/mol. The monoisotopic (exact) mass is 341 g/mol. The van der Waals surface area contributed by atoms with Gasteiger partial charge in [-0.2, -0.15) is 0 Å². The van der Waals surface area contributed by atoms with Crippen LogP contribution in [-0.4, -0.2) is 39.7 Å². The molecule has 8 heteroatoms. The van der Waals surface area contributed by atoms with Crippen molar-refractivity contribution in [3.63, 3.8) is 0 Å². The number of nitrogens with one attached hydrogen (secondary N) is 1. The minimum Gasteiger partial charge on any atom is -0.343 e. The number of anilines is 1. The van der Waals surface area contributed by atoms with E-state index in [1.54, 1.807) is 24.5 Å². The van der Waals surface area contributed by atoms with Gasteiger partial charge in [0, 0.05) is 38.1 Å². The van der Waals surface area contributed by atoms with Gasteiger partial charge < -0.3 is 4.90 Å². The number of likely N-dealkylation sites (N-methyl/N-ethyl adjacent to an activating group) is 1. The molecule has 1 saturated heterocycles. The number of hydrogen-bond donors (Lipinski definition) is 1. The van der Waals surface area contributed by atoms with Crippen LogP contribution in [-0.2, 0) is 11.2 Å². The molecule has 0 radical (unpaired) electrons. The fourth-order valence-corrected chi connectivity index (χ4v) is 2.78. The summed E-state index contributed by atoms with van der Waals surface area (Å²) in [6, 6.07) is 7.51. The van der Waals surface area contributed by atoms with Crippen LogP contribution in [0.4, 0.5) is 10.7 Å². The molecular weight excluding hydrogens is 326 g/mol. The Morgan fingerprint density at radius 1 is 1.21 bits per heavy atom. The zero-order valence-electron chi connectivity index (χ0n) is 13.0. The van der Waals surface area contributed by atoms with Crippen LogP contribution in [0.5, 0.6) is 0 Å².